The first-order valence-electron chi connectivity index (χ1n) is 8.45. The molecule has 1 aliphatic heterocycles. The maximum absolute atomic E-state index is 12.6. The number of aryl methyl sites for hydroxylation is 1. The monoisotopic (exact) mass is 360 g/mol. The Morgan fingerprint density at radius 2 is 1.80 bits per heavy atom. The van der Waals surface area contributed by atoms with Gasteiger partial charge in [0.25, 0.3) is 0 Å². The minimum atomic E-state index is -0.0549. The number of hydrogen-bond donors (Lipinski definition) is 1. The van der Waals surface area contributed by atoms with Crippen LogP contribution in [0.15, 0.2) is 54.6 Å². The number of carbonyl (C=O) groups excluding carboxylic acids is 1. The van der Waals surface area contributed by atoms with Crippen LogP contribution < -0.4 is 5.73 Å². The van der Waals surface area contributed by atoms with Crippen LogP contribution in [0.2, 0.25) is 0 Å². The fourth-order valence-corrected chi connectivity index (χ4v) is 3.17. The number of nitrogens with zero attached hydrogens (tertiary/aromatic N) is 1. The number of anilines is 1. The van der Waals surface area contributed by atoms with E-state index in [1.54, 1.807) is 0 Å². The summed E-state index contributed by atoms with van der Waals surface area (Å²) in [7, 11) is 0. The lowest BCUT2D eigenvalue weighted by atomic mass is 10.0. The van der Waals surface area contributed by atoms with Crippen LogP contribution in [0.4, 0.5) is 5.69 Å². The summed E-state index contributed by atoms with van der Waals surface area (Å²) in [4.78, 5) is 14.6. The number of morpholine rings is 1. The molecule has 1 fully saturated rings. The number of amides is 1. The Hall–Kier alpha value is -2.04. The van der Waals surface area contributed by atoms with Gasteiger partial charge in [0.2, 0.25) is 5.91 Å². The number of para-hydroxylation sites is 1. The number of hydrogen-bond acceptors (Lipinski definition) is 3. The summed E-state index contributed by atoms with van der Waals surface area (Å²) in [6, 6.07) is 17.8. The Morgan fingerprint density at radius 3 is 2.52 bits per heavy atom. The number of carbonyl (C=O) groups is 1. The predicted octanol–water partition coefficient (Wildman–Crippen LogP) is 3.61. The fourth-order valence-electron chi connectivity index (χ4n) is 3.17. The van der Waals surface area contributed by atoms with Gasteiger partial charge in [-0.25, -0.2) is 0 Å². The molecule has 0 saturated carbocycles. The van der Waals surface area contributed by atoms with Gasteiger partial charge in [-0.1, -0.05) is 48.5 Å². The standard InChI is InChI=1S/C20H24N2O2.ClH/c1-15-13-22(14-19(24-15)17-8-3-2-4-9-17)20(23)12-11-16-7-5-6-10-18(16)21;/h2-10,15,19H,11-14,21H2,1H3;1H. The number of nitrogen functional groups attached to an aromatic ring is 1. The smallest absolute Gasteiger partial charge is 0.223 e. The van der Waals surface area contributed by atoms with Crippen molar-refractivity contribution in [3.05, 3.63) is 65.7 Å². The van der Waals surface area contributed by atoms with E-state index in [0.717, 1.165) is 16.8 Å². The van der Waals surface area contributed by atoms with E-state index in [1.165, 1.54) is 0 Å². The van der Waals surface area contributed by atoms with Crippen molar-refractivity contribution in [3.63, 3.8) is 0 Å². The molecule has 0 spiro atoms. The van der Waals surface area contributed by atoms with Crippen LogP contribution in [0, 0.1) is 0 Å². The molecule has 1 saturated heterocycles. The van der Waals surface area contributed by atoms with Crippen molar-refractivity contribution in [2.75, 3.05) is 18.8 Å². The zero-order chi connectivity index (χ0) is 16.9. The molecular formula is C20H25ClN2O2. The first-order chi connectivity index (χ1) is 11.6. The van der Waals surface area contributed by atoms with Crippen molar-refractivity contribution in [1.82, 2.24) is 4.90 Å². The summed E-state index contributed by atoms with van der Waals surface area (Å²) in [5, 5.41) is 0. The highest BCUT2D eigenvalue weighted by atomic mass is 35.5. The van der Waals surface area contributed by atoms with E-state index in [2.05, 4.69) is 12.1 Å². The first kappa shape index (κ1) is 19.3. The SMILES string of the molecule is CC1CN(C(=O)CCc2ccccc2N)CC(c2ccccc2)O1.Cl. The third-order valence-corrected chi connectivity index (χ3v) is 4.45. The van der Waals surface area contributed by atoms with Gasteiger partial charge in [0.1, 0.15) is 6.10 Å². The van der Waals surface area contributed by atoms with E-state index < -0.39 is 0 Å². The molecule has 1 aliphatic rings. The lowest BCUT2D eigenvalue weighted by Crippen LogP contribution is -2.46. The topological polar surface area (TPSA) is 55.6 Å². The quantitative estimate of drug-likeness (QED) is 0.847. The van der Waals surface area contributed by atoms with Crippen LogP contribution in [0.1, 0.15) is 30.6 Å². The molecule has 25 heavy (non-hydrogen) atoms. The number of ether oxygens (including phenoxy) is 1. The molecule has 134 valence electrons. The van der Waals surface area contributed by atoms with Crippen molar-refractivity contribution in [1.29, 1.82) is 0 Å². The molecule has 1 heterocycles. The summed E-state index contributed by atoms with van der Waals surface area (Å²) in [6.07, 6.45) is 1.13. The third-order valence-electron chi connectivity index (χ3n) is 4.45. The fraction of sp³-hybridized carbons (Fsp3) is 0.350. The first-order valence-corrected chi connectivity index (χ1v) is 8.45. The zero-order valence-electron chi connectivity index (χ0n) is 14.4. The average Bonchev–Trinajstić information content (AvgIpc) is 2.61. The number of nitrogens with two attached hydrogens (primary N) is 1. The van der Waals surface area contributed by atoms with Crippen LogP contribution in [0.25, 0.3) is 0 Å². The van der Waals surface area contributed by atoms with E-state index in [0.29, 0.717) is 25.9 Å². The Kier molecular flexibility index (Phi) is 6.85. The molecule has 4 nitrogen and oxygen atoms in total. The van der Waals surface area contributed by atoms with E-state index >= 15 is 0 Å². The van der Waals surface area contributed by atoms with Crippen LogP contribution in [0.3, 0.4) is 0 Å². The van der Waals surface area contributed by atoms with E-state index in [-0.39, 0.29) is 30.5 Å². The van der Waals surface area contributed by atoms with Gasteiger partial charge in [-0.15, -0.1) is 12.4 Å². The van der Waals surface area contributed by atoms with Crippen LogP contribution >= 0.6 is 12.4 Å². The normalized spacial score (nSPS) is 20.0. The van der Waals surface area contributed by atoms with Gasteiger partial charge < -0.3 is 15.4 Å². The van der Waals surface area contributed by atoms with E-state index in [4.69, 9.17) is 10.5 Å². The molecule has 2 aromatic carbocycles. The highest BCUT2D eigenvalue weighted by molar-refractivity contribution is 5.85. The van der Waals surface area contributed by atoms with Crippen molar-refractivity contribution < 1.29 is 9.53 Å². The molecular weight excluding hydrogens is 336 g/mol. The zero-order valence-corrected chi connectivity index (χ0v) is 15.2. The lowest BCUT2D eigenvalue weighted by Gasteiger charge is -2.37. The predicted molar refractivity (Wildman–Crippen MR) is 103 cm³/mol. The molecule has 0 aliphatic carbocycles. The summed E-state index contributed by atoms with van der Waals surface area (Å²) < 4.78 is 6.02. The minimum absolute atomic E-state index is 0. The summed E-state index contributed by atoms with van der Waals surface area (Å²) >= 11 is 0. The second-order valence-electron chi connectivity index (χ2n) is 6.34. The van der Waals surface area contributed by atoms with Crippen molar-refractivity contribution in [2.45, 2.75) is 32.0 Å². The molecule has 2 atom stereocenters. The summed E-state index contributed by atoms with van der Waals surface area (Å²) in [5.74, 6) is 0.161. The van der Waals surface area contributed by atoms with Gasteiger partial charge in [-0.2, -0.15) is 0 Å². The molecule has 2 unspecified atom stereocenters. The lowest BCUT2D eigenvalue weighted by molar-refractivity contribution is -0.144. The molecule has 2 N–H and O–H groups in total. The van der Waals surface area contributed by atoms with Gasteiger partial charge in [-0.3, -0.25) is 4.79 Å². The highest BCUT2D eigenvalue weighted by Crippen LogP contribution is 2.25. The Balaban J connectivity index is 0.00000225. The van der Waals surface area contributed by atoms with Crippen molar-refractivity contribution in [3.8, 4) is 0 Å². The van der Waals surface area contributed by atoms with Gasteiger partial charge in [0.15, 0.2) is 0 Å². The summed E-state index contributed by atoms with van der Waals surface area (Å²) in [5.41, 5.74) is 8.87. The second kappa shape index (κ2) is 8.88. The van der Waals surface area contributed by atoms with Gasteiger partial charge in [-0.05, 0) is 30.5 Å². The molecule has 2 aromatic rings. The number of benzene rings is 2. The van der Waals surface area contributed by atoms with Gasteiger partial charge >= 0.3 is 0 Å². The molecule has 5 heteroatoms. The van der Waals surface area contributed by atoms with Crippen LogP contribution in [0.5, 0.6) is 0 Å². The van der Waals surface area contributed by atoms with Crippen molar-refractivity contribution >= 4 is 24.0 Å². The Morgan fingerprint density at radius 1 is 1.12 bits per heavy atom. The minimum Gasteiger partial charge on any atom is -0.399 e. The summed E-state index contributed by atoms with van der Waals surface area (Å²) in [6.45, 7) is 3.27. The van der Waals surface area contributed by atoms with Crippen molar-refractivity contribution in [2.24, 2.45) is 0 Å². The largest absolute Gasteiger partial charge is 0.399 e. The molecule has 0 bridgehead atoms. The second-order valence-corrected chi connectivity index (χ2v) is 6.34. The van der Waals surface area contributed by atoms with Gasteiger partial charge in [0, 0.05) is 18.7 Å². The maximum Gasteiger partial charge on any atom is 0.223 e. The average molecular weight is 361 g/mol. The van der Waals surface area contributed by atoms with Crippen LogP contribution in [-0.2, 0) is 16.0 Å². The molecule has 3 rings (SSSR count). The third kappa shape index (κ3) is 4.97. The van der Waals surface area contributed by atoms with E-state index in [9.17, 15) is 4.79 Å². The molecule has 0 aromatic heterocycles. The number of rotatable bonds is 4. The van der Waals surface area contributed by atoms with Gasteiger partial charge in [0.05, 0.1) is 12.6 Å². The van der Waals surface area contributed by atoms with E-state index in [1.807, 2.05) is 54.3 Å². The number of halogens is 1. The highest BCUT2D eigenvalue weighted by Gasteiger charge is 2.29. The molecule has 1 amide bonds. The Bertz CT molecular complexity index is 693. The maximum atomic E-state index is 12.6. The Labute approximate surface area is 155 Å². The molecule has 0 radical (unpaired) electrons. The van der Waals surface area contributed by atoms with Crippen LogP contribution in [-0.4, -0.2) is 30.0 Å².